The maximum absolute atomic E-state index is 13.1. The summed E-state index contributed by atoms with van der Waals surface area (Å²) < 4.78 is 0. The molecule has 1 aromatic heterocycles. The first-order chi connectivity index (χ1) is 13.0. The molecule has 2 fully saturated rings. The second-order valence-corrected chi connectivity index (χ2v) is 7.01. The number of aromatic amines is 1. The summed E-state index contributed by atoms with van der Waals surface area (Å²) in [5.41, 5.74) is 0.147. The number of pyridine rings is 1. The summed E-state index contributed by atoms with van der Waals surface area (Å²) in [5, 5.41) is 14.8. The molecule has 4 rings (SSSR count). The van der Waals surface area contributed by atoms with Crippen molar-refractivity contribution in [1.29, 1.82) is 0 Å². The van der Waals surface area contributed by atoms with Gasteiger partial charge in [0, 0.05) is 74.4 Å². The number of hydrogen-bond acceptors (Lipinski definition) is 6. The largest absolute Gasteiger partial charge is 0.337 e. The fourth-order valence-electron chi connectivity index (χ4n) is 3.97. The van der Waals surface area contributed by atoms with E-state index < -0.39 is 10.5 Å². The minimum Gasteiger partial charge on any atom is -0.337 e. The van der Waals surface area contributed by atoms with Crippen molar-refractivity contribution in [3.05, 3.63) is 50.3 Å². The number of nitrogens with one attached hydrogen (secondary N) is 2. The van der Waals surface area contributed by atoms with Gasteiger partial charge in [-0.2, -0.15) is 0 Å². The zero-order chi connectivity index (χ0) is 19.0. The van der Waals surface area contributed by atoms with Gasteiger partial charge < -0.3 is 15.2 Å². The zero-order valence-corrected chi connectivity index (χ0v) is 14.8. The number of nitro groups is 1. The number of hydrogen-bond donors (Lipinski definition) is 2. The van der Waals surface area contributed by atoms with Crippen LogP contribution >= 0.6 is 0 Å². The number of fused-ring (bicyclic) bond motifs is 1. The highest BCUT2D eigenvalue weighted by Crippen LogP contribution is 2.25. The molecule has 2 aliphatic rings. The maximum Gasteiger partial charge on any atom is 0.270 e. The highest BCUT2D eigenvalue weighted by atomic mass is 16.6. The Kier molecular flexibility index (Phi) is 4.63. The molecule has 0 saturated carbocycles. The van der Waals surface area contributed by atoms with Gasteiger partial charge in [-0.05, 0) is 12.5 Å². The van der Waals surface area contributed by atoms with Crippen LogP contribution in [-0.2, 0) is 0 Å². The fraction of sp³-hybridized carbons (Fsp3) is 0.444. The molecule has 0 radical (unpaired) electrons. The van der Waals surface area contributed by atoms with Crippen molar-refractivity contribution < 1.29 is 9.72 Å². The predicted octanol–water partition coefficient (Wildman–Crippen LogP) is 0.556. The third kappa shape index (κ3) is 3.43. The van der Waals surface area contributed by atoms with E-state index in [2.05, 4.69) is 15.2 Å². The molecule has 9 nitrogen and oxygen atoms in total. The average Bonchev–Trinajstić information content (AvgIpc) is 3.17. The second-order valence-electron chi connectivity index (χ2n) is 7.01. The van der Waals surface area contributed by atoms with Crippen molar-refractivity contribution >= 4 is 22.5 Å². The number of piperazine rings is 1. The molecule has 1 aromatic carbocycles. The summed E-state index contributed by atoms with van der Waals surface area (Å²) in [6.45, 7) is 5.07. The van der Waals surface area contributed by atoms with Gasteiger partial charge in [0.2, 0.25) is 5.56 Å². The maximum atomic E-state index is 13.1. The normalized spacial score (nSPS) is 20.9. The Morgan fingerprint density at radius 3 is 2.70 bits per heavy atom. The molecule has 0 bridgehead atoms. The van der Waals surface area contributed by atoms with Crippen LogP contribution in [0.3, 0.4) is 0 Å². The van der Waals surface area contributed by atoms with Crippen LogP contribution in [0.1, 0.15) is 16.8 Å². The van der Waals surface area contributed by atoms with Gasteiger partial charge in [-0.3, -0.25) is 24.6 Å². The lowest BCUT2D eigenvalue weighted by Crippen LogP contribution is -2.49. The van der Waals surface area contributed by atoms with Gasteiger partial charge in [0.1, 0.15) is 0 Å². The molecule has 142 valence electrons. The number of H-pyrrole nitrogens is 1. The van der Waals surface area contributed by atoms with E-state index in [0.717, 1.165) is 32.6 Å². The SMILES string of the molecule is O=C(c1cc(=O)[nH]c2ccc([N+](=O)[O-])cc12)N1CCC(N2CCNCC2)C1. The molecular formula is C18H21N5O4. The summed E-state index contributed by atoms with van der Waals surface area (Å²) in [5.74, 6) is -0.246. The van der Waals surface area contributed by atoms with Crippen LogP contribution in [0.25, 0.3) is 10.9 Å². The third-order valence-electron chi connectivity index (χ3n) is 5.39. The number of aromatic nitrogens is 1. The van der Waals surface area contributed by atoms with E-state index in [4.69, 9.17) is 0 Å². The Balaban J connectivity index is 1.63. The minimum absolute atomic E-state index is 0.108. The van der Waals surface area contributed by atoms with Crippen LogP contribution in [0, 0.1) is 10.1 Å². The number of nitro benzene ring substituents is 1. The minimum atomic E-state index is -0.505. The molecule has 2 saturated heterocycles. The number of nitrogens with zero attached hydrogens (tertiary/aromatic N) is 3. The van der Waals surface area contributed by atoms with Crippen LogP contribution in [-0.4, -0.2) is 70.9 Å². The summed E-state index contributed by atoms with van der Waals surface area (Å²) in [7, 11) is 0. The fourth-order valence-corrected chi connectivity index (χ4v) is 3.97. The van der Waals surface area contributed by atoms with Crippen molar-refractivity contribution in [3.8, 4) is 0 Å². The van der Waals surface area contributed by atoms with Crippen molar-refractivity contribution in [3.63, 3.8) is 0 Å². The number of amides is 1. The molecule has 0 spiro atoms. The number of non-ortho nitro benzene ring substituents is 1. The lowest BCUT2D eigenvalue weighted by molar-refractivity contribution is -0.384. The Hall–Kier alpha value is -2.78. The lowest BCUT2D eigenvalue weighted by Gasteiger charge is -2.32. The monoisotopic (exact) mass is 371 g/mol. The van der Waals surface area contributed by atoms with Crippen molar-refractivity contribution in [2.45, 2.75) is 12.5 Å². The topological polar surface area (TPSA) is 112 Å². The molecule has 0 aliphatic carbocycles. The van der Waals surface area contributed by atoms with E-state index in [1.54, 1.807) is 4.90 Å². The molecule has 1 amide bonds. The summed E-state index contributed by atoms with van der Waals surface area (Å²) in [6.07, 6.45) is 0.896. The Morgan fingerprint density at radius 1 is 1.19 bits per heavy atom. The molecule has 27 heavy (non-hydrogen) atoms. The van der Waals surface area contributed by atoms with Crippen LogP contribution in [0.2, 0.25) is 0 Å². The van der Waals surface area contributed by atoms with Crippen molar-refractivity contribution in [2.24, 2.45) is 0 Å². The molecule has 2 aromatic rings. The van der Waals surface area contributed by atoms with Crippen LogP contribution in [0.4, 0.5) is 5.69 Å². The number of likely N-dealkylation sites (tertiary alicyclic amines) is 1. The molecular weight excluding hydrogens is 350 g/mol. The van der Waals surface area contributed by atoms with Crippen LogP contribution < -0.4 is 10.9 Å². The van der Waals surface area contributed by atoms with Gasteiger partial charge in [0.05, 0.1) is 10.5 Å². The van der Waals surface area contributed by atoms with Gasteiger partial charge in [0.15, 0.2) is 0 Å². The summed E-state index contributed by atoms with van der Waals surface area (Å²) in [6, 6.07) is 5.70. The van der Waals surface area contributed by atoms with E-state index in [9.17, 15) is 19.7 Å². The lowest BCUT2D eigenvalue weighted by atomic mass is 10.1. The highest BCUT2D eigenvalue weighted by molar-refractivity contribution is 6.06. The summed E-state index contributed by atoms with van der Waals surface area (Å²) in [4.78, 5) is 42.4. The molecule has 1 atom stereocenters. The van der Waals surface area contributed by atoms with E-state index in [0.29, 0.717) is 30.0 Å². The molecule has 2 aliphatic heterocycles. The highest BCUT2D eigenvalue weighted by Gasteiger charge is 2.32. The first kappa shape index (κ1) is 17.6. The number of carbonyl (C=O) groups is 1. The van der Waals surface area contributed by atoms with Crippen LogP contribution in [0.5, 0.6) is 0 Å². The molecule has 9 heteroatoms. The Labute approximate surface area is 155 Å². The molecule has 2 N–H and O–H groups in total. The first-order valence-corrected chi connectivity index (χ1v) is 9.08. The summed E-state index contributed by atoms with van der Waals surface area (Å²) >= 11 is 0. The standard InChI is InChI=1S/C18H21N5O4/c24-17-10-15(14-9-12(23(26)27)1-2-16(14)20-17)18(25)22-6-3-13(11-22)21-7-4-19-5-8-21/h1-2,9-10,13,19H,3-8,11H2,(H,20,24). The van der Waals surface area contributed by atoms with Gasteiger partial charge in [-0.25, -0.2) is 0 Å². The Bertz CT molecular complexity index is 950. The van der Waals surface area contributed by atoms with E-state index >= 15 is 0 Å². The van der Waals surface area contributed by atoms with Gasteiger partial charge >= 0.3 is 0 Å². The van der Waals surface area contributed by atoms with Crippen LogP contribution in [0.15, 0.2) is 29.1 Å². The average molecular weight is 371 g/mol. The smallest absolute Gasteiger partial charge is 0.270 e. The van der Waals surface area contributed by atoms with Crippen molar-refractivity contribution in [2.75, 3.05) is 39.3 Å². The number of benzene rings is 1. The van der Waals surface area contributed by atoms with Gasteiger partial charge in [-0.15, -0.1) is 0 Å². The zero-order valence-electron chi connectivity index (χ0n) is 14.8. The quantitative estimate of drug-likeness (QED) is 0.602. The van der Waals surface area contributed by atoms with Gasteiger partial charge in [0.25, 0.3) is 11.6 Å². The van der Waals surface area contributed by atoms with Gasteiger partial charge in [-0.1, -0.05) is 0 Å². The molecule has 3 heterocycles. The number of rotatable bonds is 3. The Morgan fingerprint density at radius 2 is 1.96 bits per heavy atom. The van der Waals surface area contributed by atoms with E-state index in [-0.39, 0.29) is 17.2 Å². The number of carbonyl (C=O) groups excluding carboxylic acids is 1. The third-order valence-corrected chi connectivity index (χ3v) is 5.39. The second kappa shape index (κ2) is 7.09. The predicted molar refractivity (Wildman–Crippen MR) is 100.0 cm³/mol. The molecule has 1 unspecified atom stereocenters. The van der Waals surface area contributed by atoms with Crippen molar-refractivity contribution in [1.82, 2.24) is 20.1 Å². The van der Waals surface area contributed by atoms with E-state index in [1.165, 1.54) is 24.3 Å². The van der Waals surface area contributed by atoms with E-state index in [1.807, 2.05) is 0 Å². The first-order valence-electron chi connectivity index (χ1n) is 9.08.